The second kappa shape index (κ2) is 4.94. The number of hydrogen-bond donors (Lipinski definition) is 2. The van der Waals surface area contributed by atoms with Gasteiger partial charge in [0.25, 0.3) is 0 Å². The van der Waals surface area contributed by atoms with Gasteiger partial charge in [0.05, 0.1) is 0 Å². The first-order valence-corrected chi connectivity index (χ1v) is 6.12. The molecule has 1 heterocycles. The Kier molecular flexibility index (Phi) is 3.56. The van der Waals surface area contributed by atoms with E-state index in [1.807, 2.05) is 0 Å². The maximum atomic E-state index is 12.5. The number of hydrogen-bond acceptors (Lipinski definition) is 3. The van der Waals surface area contributed by atoms with Crippen LogP contribution in [0.4, 0.5) is 18.9 Å². The summed E-state index contributed by atoms with van der Waals surface area (Å²) in [6.45, 7) is 0.210. The number of rotatable bonds is 2. The summed E-state index contributed by atoms with van der Waals surface area (Å²) in [5, 5.41) is 11.1. The molecule has 0 spiro atoms. The summed E-state index contributed by atoms with van der Waals surface area (Å²) in [5.74, 6) is -3.77. The van der Waals surface area contributed by atoms with Crippen molar-refractivity contribution in [2.45, 2.75) is 18.1 Å². The summed E-state index contributed by atoms with van der Waals surface area (Å²) >= 11 is 0. The average molecular weight is 302 g/mol. The van der Waals surface area contributed by atoms with Crippen molar-refractivity contribution in [3.05, 3.63) is 29.8 Å². The minimum atomic E-state index is -5.14. The van der Waals surface area contributed by atoms with E-state index in [2.05, 4.69) is 0 Å². The van der Waals surface area contributed by atoms with Crippen molar-refractivity contribution in [2.75, 3.05) is 18.5 Å². The number of carboxylic acids is 1. The van der Waals surface area contributed by atoms with Crippen molar-refractivity contribution < 1.29 is 27.9 Å². The number of para-hydroxylation sites is 1. The Bertz CT molecular complexity index is 588. The van der Waals surface area contributed by atoms with Crippen molar-refractivity contribution in [1.82, 2.24) is 5.32 Å². The molecular weight excluding hydrogens is 289 g/mol. The molecule has 0 aliphatic carbocycles. The lowest BCUT2D eigenvalue weighted by molar-refractivity contribution is -0.178. The average Bonchev–Trinajstić information content (AvgIpc) is 2.41. The van der Waals surface area contributed by atoms with Crippen molar-refractivity contribution in [3.8, 4) is 0 Å². The molecule has 5 nitrogen and oxygen atoms in total. The lowest BCUT2D eigenvalue weighted by Crippen LogP contribution is -2.58. The molecule has 1 amide bonds. The third-order valence-corrected chi connectivity index (χ3v) is 3.55. The first-order valence-electron chi connectivity index (χ1n) is 6.12. The maximum absolute atomic E-state index is 12.5. The SMILES string of the molecule is CN1CCC(NC(=O)C(F)(F)F)(C(=O)O)c2ccccc21. The van der Waals surface area contributed by atoms with E-state index in [1.165, 1.54) is 12.1 Å². The second-order valence-electron chi connectivity index (χ2n) is 4.85. The van der Waals surface area contributed by atoms with Crippen molar-refractivity contribution in [1.29, 1.82) is 0 Å². The normalized spacial score (nSPS) is 21.6. The zero-order chi connectivity index (χ0) is 15.8. The number of carbonyl (C=O) groups excluding carboxylic acids is 1. The van der Waals surface area contributed by atoms with Crippen LogP contribution in [-0.2, 0) is 15.1 Å². The van der Waals surface area contributed by atoms with Crippen LogP contribution in [0.25, 0.3) is 0 Å². The smallest absolute Gasteiger partial charge is 0.471 e. The summed E-state index contributed by atoms with van der Waals surface area (Å²) < 4.78 is 37.4. The van der Waals surface area contributed by atoms with Crippen LogP contribution in [0.3, 0.4) is 0 Å². The van der Waals surface area contributed by atoms with Crippen molar-refractivity contribution in [3.63, 3.8) is 0 Å². The molecule has 0 radical (unpaired) electrons. The van der Waals surface area contributed by atoms with Gasteiger partial charge in [0.1, 0.15) is 0 Å². The van der Waals surface area contributed by atoms with Crippen LogP contribution in [0.2, 0.25) is 0 Å². The molecule has 1 aromatic carbocycles. The molecule has 114 valence electrons. The number of halogens is 3. The minimum Gasteiger partial charge on any atom is -0.479 e. The third-order valence-electron chi connectivity index (χ3n) is 3.55. The van der Waals surface area contributed by atoms with Gasteiger partial charge in [-0.1, -0.05) is 18.2 Å². The number of nitrogens with one attached hydrogen (secondary N) is 1. The van der Waals surface area contributed by atoms with Crippen LogP contribution in [0, 0.1) is 0 Å². The van der Waals surface area contributed by atoms with Gasteiger partial charge in [-0.25, -0.2) is 4.79 Å². The topological polar surface area (TPSA) is 69.6 Å². The van der Waals surface area contributed by atoms with Crippen LogP contribution < -0.4 is 10.2 Å². The fourth-order valence-corrected chi connectivity index (χ4v) is 2.43. The molecule has 21 heavy (non-hydrogen) atoms. The largest absolute Gasteiger partial charge is 0.479 e. The Morgan fingerprint density at radius 3 is 2.52 bits per heavy atom. The molecule has 1 aromatic rings. The summed E-state index contributed by atoms with van der Waals surface area (Å²) in [5.41, 5.74) is -1.45. The van der Waals surface area contributed by atoms with E-state index in [1.54, 1.807) is 29.4 Å². The predicted molar refractivity (Wildman–Crippen MR) is 67.8 cm³/mol. The fourth-order valence-electron chi connectivity index (χ4n) is 2.43. The van der Waals surface area contributed by atoms with Crippen LogP contribution >= 0.6 is 0 Å². The highest BCUT2D eigenvalue weighted by molar-refractivity contribution is 5.92. The Labute approximate surface area is 118 Å². The number of fused-ring (bicyclic) bond motifs is 1. The standard InChI is InChI=1S/C13H13F3N2O3/c1-18-7-6-12(11(20)21,17-10(19)13(14,15)16)8-4-2-3-5-9(8)18/h2-5H,6-7H2,1H3,(H,17,19)(H,20,21). The van der Waals surface area contributed by atoms with Gasteiger partial charge in [-0.15, -0.1) is 0 Å². The Hall–Kier alpha value is -2.25. The van der Waals surface area contributed by atoms with Crippen LogP contribution in [-0.4, -0.2) is 36.8 Å². The van der Waals surface area contributed by atoms with Gasteiger partial charge in [-0.3, -0.25) is 4.79 Å². The minimum absolute atomic E-state index is 0.142. The number of nitrogens with zero attached hydrogens (tertiary/aromatic N) is 1. The molecule has 8 heteroatoms. The maximum Gasteiger partial charge on any atom is 0.471 e. The molecular formula is C13H13F3N2O3. The number of carbonyl (C=O) groups is 2. The number of aliphatic carboxylic acids is 1. The van der Waals surface area contributed by atoms with E-state index in [9.17, 15) is 27.9 Å². The highest BCUT2D eigenvalue weighted by atomic mass is 19.4. The van der Waals surface area contributed by atoms with E-state index in [0.717, 1.165) is 0 Å². The number of anilines is 1. The predicted octanol–water partition coefficient (Wildman–Crippen LogP) is 1.48. The van der Waals surface area contributed by atoms with E-state index >= 15 is 0 Å². The summed E-state index contributed by atoms with van der Waals surface area (Å²) in [7, 11) is 1.70. The molecule has 0 fully saturated rings. The van der Waals surface area contributed by atoms with Crippen LogP contribution in [0.15, 0.2) is 24.3 Å². The number of benzene rings is 1. The molecule has 2 N–H and O–H groups in total. The molecule has 0 saturated carbocycles. The van der Waals surface area contributed by atoms with Gasteiger partial charge >= 0.3 is 18.1 Å². The molecule has 1 atom stereocenters. The highest BCUT2D eigenvalue weighted by Crippen LogP contribution is 2.38. The summed E-state index contributed by atoms with van der Waals surface area (Å²) in [6.07, 6.45) is -5.29. The zero-order valence-corrected chi connectivity index (χ0v) is 11.1. The molecule has 1 aliphatic rings. The summed E-state index contributed by atoms with van der Waals surface area (Å²) in [6, 6.07) is 6.19. The molecule has 1 aliphatic heterocycles. The summed E-state index contributed by atoms with van der Waals surface area (Å²) in [4.78, 5) is 24.6. The lowest BCUT2D eigenvalue weighted by atomic mass is 9.82. The van der Waals surface area contributed by atoms with Crippen LogP contribution in [0.5, 0.6) is 0 Å². The molecule has 0 saturated heterocycles. The van der Waals surface area contributed by atoms with Crippen LogP contribution in [0.1, 0.15) is 12.0 Å². The number of alkyl halides is 3. The number of amides is 1. The lowest BCUT2D eigenvalue weighted by Gasteiger charge is -2.40. The first kappa shape index (κ1) is 15.1. The highest BCUT2D eigenvalue weighted by Gasteiger charge is 2.51. The molecule has 0 aromatic heterocycles. The van der Waals surface area contributed by atoms with Gasteiger partial charge in [0.2, 0.25) is 0 Å². The monoisotopic (exact) mass is 302 g/mol. The third kappa shape index (κ3) is 2.53. The second-order valence-corrected chi connectivity index (χ2v) is 4.85. The Morgan fingerprint density at radius 1 is 1.33 bits per heavy atom. The number of carboxylic acid groups (broad SMARTS) is 1. The van der Waals surface area contributed by atoms with E-state index in [0.29, 0.717) is 5.69 Å². The first-order chi connectivity index (χ1) is 9.68. The Balaban J connectivity index is 2.52. The molecule has 1 unspecified atom stereocenters. The zero-order valence-electron chi connectivity index (χ0n) is 11.1. The van der Waals surface area contributed by atoms with E-state index < -0.39 is 23.6 Å². The Morgan fingerprint density at radius 2 is 1.95 bits per heavy atom. The fraction of sp³-hybridized carbons (Fsp3) is 0.385. The van der Waals surface area contributed by atoms with Gasteiger partial charge in [0.15, 0.2) is 5.54 Å². The van der Waals surface area contributed by atoms with E-state index in [-0.39, 0.29) is 18.5 Å². The van der Waals surface area contributed by atoms with Gasteiger partial charge < -0.3 is 15.3 Å². The van der Waals surface area contributed by atoms with Crippen molar-refractivity contribution in [2.24, 2.45) is 0 Å². The van der Waals surface area contributed by atoms with Gasteiger partial charge in [0, 0.05) is 31.3 Å². The van der Waals surface area contributed by atoms with Gasteiger partial charge in [-0.2, -0.15) is 13.2 Å². The van der Waals surface area contributed by atoms with Crippen molar-refractivity contribution >= 4 is 17.6 Å². The molecule has 2 rings (SSSR count). The van der Waals surface area contributed by atoms with E-state index in [4.69, 9.17) is 0 Å². The molecule has 0 bridgehead atoms. The van der Waals surface area contributed by atoms with Gasteiger partial charge in [-0.05, 0) is 6.07 Å². The quantitative estimate of drug-likeness (QED) is 0.868.